The van der Waals surface area contributed by atoms with E-state index in [9.17, 15) is 8.78 Å². The maximum atomic E-state index is 12.4. The van der Waals surface area contributed by atoms with Gasteiger partial charge in [-0.1, -0.05) is 0 Å². The van der Waals surface area contributed by atoms with Crippen molar-refractivity contribution in [3.8, 4) is 0 Å². The molecule has 0 atom stereocenters. The molecule has 2 nitrogen and oxygen atoms in total. The number of aromatic amines is 1. The van der Waals surface area contributed by atoms with Crippen molar-refractivity contribution >= 4 is 33.5 Å². The van der Waals surface area contributed by atoms with Crippen LogP contribution in [-0.4, -0.2) is 10.2 Å². The lowest BCUT2D eigenvalue weighted by atomic mass is 10.2. The third-order valence-corrected chi connectivity index (χ3v) is 2.44. The van der Waals surface area contributed by atoms with Crippen LogP contribution in [0.3, 0.4) is 0 Å². The summed E-state index contributed by atoms with van der Waals surface area (Å²) in [6.45, 7) is 0. The zero-order valence-corrected chi connectivity index (χ0v) is 8.55. The van der Waals surface area contributed by atoms with Gasteiger partial charge in [-0.3, -0.25) is 5.10 Å². The van der Waals surface area contributed by atoms with Crippen molar-refractivity contribution in [3.05, 3.63) is 27.5 Å². The van der Waals surface area contributed by atoms with E-state index in [4.69, 9.17) is 0 Å². The normalized spacial score (nSPS) is 11.4. The first-order valence-electron chi connectivity index (χ1n) is 3.60. The predicted molar refractivity (Wildman–Crippen MR) is 53.8 cm³/mol. The smallest absolute Gasteiger partial charge is 0.276 e. The number of fused-ring (bicyclic) bond motifs is 1. The van der Waals surface area contributed by atoms with E-state index in [0.29, 0.717) is 10.9 Å². The SMILES string of the molecule is FC(F)c1[nH]nc2cc(I)ccc12. The molecule has 1 aromatic carbocycles. The average molecular weight is 294 g/mol. The lowest BCUT2D eigenvalue weighted by Crippen LogP contribution is -1.83. The van der Waals surface area contributed by atoms with Crippen LogP contribution >= 0.6 is 22.6 Å². The summed E-state index contributed by atoms with van der Waals surface area (Å²) in [7, 11) is 0. The van der Waals surface area contributed by atoms with Crippen LogP contribution in [0.5, 0.6) is 0 Å². The summed E-state index contributed by atoms with van der Waals surface area (Å²) >= 11 is 2.11. The Hall–Kier alpha value is -0.720. The molecule has 0 unspecified atom stereocenters. The zero-order valence-electron chi connectivity index (χ0n) is 6.39. The molecule has 0 radical (unpaired) electrons. The maximum absolute atomic E-state index is 12.4. The summed E-state index contributed by atoms with van der Waals surface area (Å²) in [5.74, 6) is 0. The van der Waals surface area contributed by atoms with Gasteiger partial charge in [-0.2, -0.15) is 5.10 Å². The number of H-pyrrole nitrogens is 1. The van der Waals surface area contributed by atoms with E-state index in [-0.39, 0.29) is 5.69 Å². The minimum atomic E-state index is -2.50. The Kier molecular flexibility index (Phi) is 2.19. The third-order valence-electron chi connectivity index (χ3n) is 1.76. The van der Waals surface area contributed by atoms with Crippen molar-refractivity contribution < 1.29 is 8.78 Å². The molecule has 0 spiro atoms. The molecular formula is C8H5F2IN2. The number of benzene rings is 1. The molecule has 0 aliphatic rings. The number of aromatic nitrogens is 2. The van der Waals surface area contributed by atoms with Crippen molar-refractivity contribution in [2.75, 3.05) is 0 Å². The zero-order chi connectivity index (χ0) is 9.42. The standard InChI is InChI=1S/C8H5F2IN2/c9-8(10)7-5-2-1-4(11)3-6(5)12-13-7/h1-3,8H,(H,12,13). The second-order valence-electron chi connectivity index (χ2n) is 2.60. The fourth-order valence-electron chi connectivity index (χ4n) is 1.17. The Labute approximate surface area is 86.5 Å². The summed E-state index contributed by atoms with van der Waals surface area (Å²) < 4.78 is 25.7. The quantitative estimate of drug-likeness (QED) is 0.804. The average Bonchev–Trinajstić information content (AvgIpc) is 2.46. The van der Waals surface area contributed by atoms with Crippen molar-refractivity contribution in [2.45, 2.75) is 6.43 Å². The maximum Gasteiger partial charge on any atom is 0.280 e. The van der Waals surface area contributed by atoms with Crippen LogP contribution in [0.25, 0.3) is 10.9 Å². The molecule has 0 aliphatic heterocycles. The lowest BCUT2D eigenvalue weighted by Gasteiger charge is -1.94. The molecule has 2 rings (SSSR count). The van der Waals surface area contributed by atoms with E-state index in [2.05, 4.69) is 32.8 Å². The summed E-state index contributed by atoms with van der Waals surface area (Å²) in [4.78, 5) is 0. The van der Waals surface area contributed by atoms with Crippen LogP contribution < -0.4 is 0 Å². The fourth-order valence-corrected chi connectivity index (χ4v) is 1.65. The number of hydrogen-bond donors (Lipinski definition) is 1. The highest BCUT2D eigenvalue weighted by Crippen LogP contribution is 2.25. The van der Waals surface area contributed by atoms with Crippen LogP contribution in [0.1, 0.15) is 12.1 Å². The second kappa shape index (κ2) is 3.21. The molecule has 0 fully saturated rings. The molecule has 68 valence electrons. The molecule has 0 saturated carbocycles. The second-order valence-corrected chi connectivity index (χ2v) is 3.85. The predicted octanol–water partition coefficient (Wildman–Crippen LogP) is 3.11. The van der Waals surface area contributed by atoms with Gasteiger partial charge in [-0.25, -0.2) is 8.78 Å². The first kappa shape index (κ1) is 8.86. The van der Waals surface area contributed by atoms with Crippen molar-refractivity contribution in [2.24, 2.45) is 0 Å². The lowest BCUT2D eigenvalue weighted by molar-refractivity contribution is 0.147. The Bertz CT molecular complexity index is 439. The van der Waals surface area contributed by atoms with Gasteiger partial charge < -0.3 is 0 Å². The van der Waals surface area contributed by atoms with E-state index >= 15 is 0 Å². The largest absolute Gasteiger partial charge is 0.280 e. The number of halogens is 3. The number of alkyl halides is 2. The van der Waals surface area contributed by atoms with Crippen molar-refractivity contribution in [1.82, 2.24) is 10.2 Å². The van der Waals surface area contributed by atoms with Crippen LogP contribution in [0.15, 0.2) is 18.2 Å². The first-order chi connectivity index (χ1) is 6.18. The molecule has 13 heavy (non-hydrogen) atoms. The molecule has 0 saturated heterocycles. The van der Waals surface area contributed by atoms with Crippen molar-refractivity contribution in [3.63, 3.8) is 0 Å². The highest BCUT2D eigenvalue weighted by atomic mass is 127. The molecule has 0 bridgehead atoms. The van der Waals surface area contributed by atoms with Crippen molar-refractivity contribution in [1.29, 1.82) is 0 Å². The molecule has 0 amide bonds. The number of rotatable bonds is 1. The summed E-state index contributed by atoms with van der Waals surface area (Å²) in [5, 5.41) is 6.62. The van der Waals surface area contributed by atoms with Crippen LogP contribution in [0, 0.1) is 3.57 Å². The van der Waals surface area contributed by atoms with Gasteiger partial charge >= 0.3 is 0 Å². The van der Waals surface area contributed by atoms with E-state index in [0.717, 1.165) is 3.57 Å². The van der Waals surface area contributed by atoms with Crippen LogP contribution in [0.2, 0.25) is 0 Å². The minimum Gasteiger partial charge on any atom is -0.276 e. The Morgan fingerprint density at radius 3 is 2.85 bits per heavy atom. The van der Waals surface area contributed by atoms with Gasteiger partial charge in [0.25, 0.3) is 6.43 Å². The molecule has 1 aromatic heterocycles. The van der Waals surface area contributed by atoms with Gasteiger partial charge in [-0.15, -0.1) is 0 Å². The number of nitrogens with zero attached hydrogens (tertiary/aromatic N) is 1. The highest BCUT2D eigenvalue weighted by Gasteiger charge is 2.14. The molecule has 2 aromatic rings. The van der Waals surface area contributed by atoms with Gasteiger partial charge in [0, 0.05) is 8.96 Å². The molecular weight excluding hydrogens is 289 g/mol. The highest BCUT2D eigenvalue weighted by molar-refractivity contribution is 14.1. The Morgan fingerprint density at radius 2 is 2.15 bits per heavy atom. The van der Waals surface area contributed by atoms with E-state index < -0.39 is 6.43 Å². The minimum absolute atomic E-state index is 0.105. The van der Waals surface area contributed by atoms with Gasteiger partial charge in [0.1, 0.15) is 5.69 Å². The number of nitrogens with one attached hydrogen (secondary N) is 1. The Balaban J connectivity index is 2.69. The molecule has 1 heterocycles. The van der Waals surface area contributed by atoms with Crippen LogP contribution in [0.4, 0.5) is 8.78 Å². The summed E-state index contributed by atoms with van der Waals surface area (Å²) in [6, 6.07) is 5.20. The summed E-state index contributed by atoms with van der Waals surface area (Å²) in [5.41, 5.74) is 0.480. The van der Waals surface area contributed by atoms with Gasteiger partial charge in [-0.05, 0) is 40.8 Å². The molecule has 0 aliphatic carbocycles. The fraction of sp³-hybridized carbons (Fsp3) is 0.125. The van der Waals surface area contributed by atoms with Crippen LogP contribution in [-0.2, 0) is 0 Å². The topological polar surface area (TPSA) is 28.7 Å². The number of hydrogen-bond acceptors (Lipinski definition) is 1. The first-order valence-corrected chi connectivity index (χ1v) is 4.68. The Morgan fingerprint density at radius 1 is 1.38 bits per heavy atom. The monoisotopic (exact) mass is 294 g/mol. The van der Waals surface area contributed by atoms with E-state index in [1.54, 1.807) is 18.2 Å². The molecule has 5 heteroatoms. The van der Waals surface area contributed by atoms with E-state index in [1.165, 1.54) is 0 Å². The van der Waals surface area contributed by atoms with E-state index in [1.807, 2.05) is 0 Å². The molecule has 1 N–H and O–H groups in total. The summed E-state index contributed by atoms with van der Waals surface area (Å²) in [6.07, 6.45) is -2.50. The van der Waals surface area contributed by atoms with Gasteiger partial charge in [0.05, 0.1) is 5.52 Å². The third kappa shape index (κ3) is 1.52. The van der Waals surface area contributed by atoms with Gasteiger partial charge in [0.2, 0.25) is 0 Å². The van der Waals surface area contributed by atoms with Gasteiger partial charge in [0.15, 0.2) is 0 Å².